The lowest BCUT2D eigenvalue weighted by Crippen LogP contribution is -2.27. The largest absolute Gasteiger partial charge is 0.483 e. The molecule has 1 aromatic carbocycles. The molecule has 108 valence electrons. The predicted molar refractivity (Wildman–Crippen MR) is 74.6 cm³/mol. The Bertz CT molecular complexity index is 712. The number of carbonyl (C=O) groups is 1. The molecule has 0 radical (unpaired) electrons. The Morgan fingerprint density at radius 2 is 2.33 bits per heavy atom. The molecule has 3 heterocycles. The number of cyclic esters (lactones) is 1. The normalized spacial score (nSPS) is 19.8. The van der Waals surface area contributed by atoms with Crippen LogP contribution in [0.2, 0.25) is 0 Å². The van der Waals surface area contributed by atoms with E-state index in [2.05, 4.69) is 4.98 Å². The van der Waals surface area contributed by atoms with E-state index in [0.717, 1.165) is 22.9 Å². The zero-order valence-electron chi connectivity index (χ0n) is 11.2. The highest BCUT2D eigenvalue weighted by Crippen LogP contribution is 2.34. The van der Waals surface area contributed by atoms with E-state index in [1.165, 1.54) is 0 Å². The van der Waals surface area contributed by atoms with Crippen molar-refractivity contribution in [2.75, 3.05) is 18.0 Å². The van der Waals surface area contributed by atoms with Gasteiger partial charge in [-0.3, -0.25) is 9.47 Å². The van der Waals surface area contributed by atoms with Crippen LogP contribution in [0.3, 0.4) is 0 Å². The minimum atomic E-state index is -0.371. The van der Waals surface area contributed by atoms with E-state index >= 15 is 0 Å². The van der Waals surface area contributed by atoms with E-state index in [4.69, 9.17) is 15.2 Å². The number of fused-ring (bicyclic) bond motifs is 3. The van der Waals surface area contributed by atoms with Crippen molar-refractivity contribution in [3.63, 3.8) is 0 Å². The third kappa shape index (κ3) is 1.85. The molecule has 1 saturated heterocycles. The Kier molecular flexibility index (Phi) is 2.61. The molecule has 2 aliphatic heterocycles. The molecule has 2 N–H and O–H groups in total. The summed E-state index contributed by atoms with van der Waals surface area (Å²) < 4.78 is 12.9. The van der Waals surface area contributed by atoms with Crippen molar-refractivity contribution in [1.82, 2.24) is 9.55 Å². The number of amides is 1. The van der Waals surface area contributed by atoms with Crippen molar-refractivity contribution < 1.29 is 14.3 Å². The molecular formula is C14H14N4O3. The van der Waals surface area contributed by atoms with Crippen molar-refractivity contribution in [3.8, 4) is 11.4 Å². The number of imidazole rings is 1. The van der Waals surface area contributed by atoms with Gasteiger partial charge in [0.1, 0.15) is 18.5 Å². The molecule has 2 aromatic rings. The predicted octanol–water partition coefficient (Wildman–Crippen LogP) is 1.05. The molecule has 0 aliphatic carbocycles. The van der Waals surface area contributed by atoms with Gasteiger partial charge in [-0.15, -0.1) is 0 Å². The van der Waals surface area contributed by atoms with Crippen LogP contribution in [0.1, 0.15) is 5.82 Å². The van der Waals surface area contributed by atoms with Crippen LogP contribution in [-0.4, -0.2) is 34.8 Å². The average Bonchev–Trinajstić information content (AvgIpc) is 3.12. The zero-order chi connectivity index (χ0) is 14.4. The van der Waals surface area contributed by atoms with Gasteiger partial charge >= 0.3 is 6.09 Å². The SMILES string of the molecule is NCC1CN(c2ccc3c(c2)OCc2nccn2-3)C(=O)O1. The Hall–Kier alpha value is -2.54. The number of anilines is 1. The van der Waals surface area contributed by atoms with E-state index in [1.807, 2.05) is 29.0 Å². The molecule has 0 spiro atoms. The summed E-state index contributed by atoms with van der Waals surface area (Å²) >= 11 is 0. The summed E-state index contributed by atoms with van der Waals surface area (Å²) in [6.07, 6.45) is 3.01. The number of hydrogen-bond acceptors (Lipinski definition) is 5. The summed E-state index contributed by atoms with van der Waals surface area (Å²) in [5.74, 6) is 1.58. The standard InChI is InChI=1S/C14H14N4O3/c15-6-10-7-18(14(19)21-10)9-1-2-11-12(5-9)20-8-13-16-3-4-17(11)13/h1-5,10H,6-8,15H2. The number of aromatic nitrogens is 2. The highest BCUT2D eigenvalue weighted by atomic mass is 16.6. The van der Waals surface area contributed by atoms with Crippen LogP contribution in [0.4, 0.5) is 10.5 Å². The minimum Gasteiger partial charge on any atom is -0.483 e. The fraction of sp³-hybridized carbons (Fsp3) is 0.286. The van der Waals surface area contributed by atoms with Gasteiger partial charge in [0.25, 0.3) is 0 Å². The number of rotatable bonds is 2. The van der Waals surface area contributed by atoms with E-state index in [-0.39, 0.29) is 12.2 Å². The third-order valence-electron chi connectivity index (χ3n) is 3.73. The number of hydrogen-bond donors (Lipinski definition) is 1. The molecule has 1 fully saturated rings. The van der Waals surface area contributed by atoms with Gasteiger partial charge in [0.15, 0.2) is 5.82 Å². The van der Waals surface area contributed by atoms with Crippen molar-refractivity contribution in [1.29, 1.82) is 0 Å². The molecule has 1 atom stereocenters. The first-order chi connectivity index (χ1) is 10.3. The van der Waals surface area contributed by atoms with Crippen LogP contribution in [-0.2, 0) is 11.3 Å². The second-order valence-corrected chi connectivity index (χ2v) is 5.01. The second-order valence-electron chi connectivity index (χ2n) is 5.01. The van der Waals surface area contributed by atoms with Crippen molar-refractivity contribution in [2.45, 2.75) is 12.7 Å². The van der Waals surface area contributed by atoms with Gasteiger partial charge in [0.2, 0.25) is 0 Å². The molecular weight excluding hydrogens is 272 g/mol. The Morgan fingerprint density at radius 3 is 3.14 bits per heavy atom. The number of nitrogens with zero attached hydrogens (tertiary/aromatic N) is 3. The van der Waals surface area contributed by atoms with E-state index in [9.17, 15) is 4.79 Å². The van der Waals surface area contributed by atoms with Crippen LogP contribution < -0.4 is 15.4 Å². The summed E-state index contributed by atoms with van der Waals surface area (Å²) in [5, 5.41) is 0. The van der Waals surface area contributed by atoms with Gasteiger partial charge in [-0.25, -0.2) is 9.78 Å². The second kappa shape index (κ2) is 4.49. The maximum atomic E-state index is 11.9. The lowest BCUT2D eigenvalue weighted by atomic mass is 10.2. The molecule has 2 aliphatic rings. The van der Waals surface area contributed by atoms with Crippen molar-refractivity contribution in [3.05, 3.63) is 36.4 Å². The first-order valence-electron chi connectivity index (χ1n) is 6.74. The topological polar surface area (TPSA) is 82.6 Å². The molecule has 21 heavy (non-hydrogen) atoms. The molecule has 1 aromatic heterocycles. The number of nitrogens with two attached hydrogens (primary N) is 1. The van der Waals surface area contributed by atoms with E-state index in [1.54, 1.807) is 11.1 Å². The Balaban J connectivity index is 1.70. The van der Waals surface area contributed by atoms with E-state index < -0.39 is 0 Å². The summed E-state index contributed by atoms with van der Waals surface area (Å²) in [7, 11) is 0. The minimum absolute atomic E-state index is 0.255. The van der Waals surface area contributed by atoms with Gasteiger partial charge in [-0.2, -0.15) is 0 Å². The molecule has 0 saturated carbocycles. The maximum absolute atomic E-state index is 11.9. The summed E-state index contributed by atoms with van der Waals surface area (Å²) in [5.41, 5.74) is 7.22. The van der Waals surface area contributed by atoms with Crippen LogP contribution >= 0.6 is 0 Å². The average molecular weight is 286 g/mol. The fourth-order valence-electron chi connectivity index (χ4n) is 2.64. The molecule has 1 amide bonds. The quantitative estimate of drug-likeness (QED) is 0.892. The Morgan fingerprint density at radius 1 is 1.43 bits per heavy atom. The number of benzene rings is 1. The maximum Gasteiger partial charge on any atom is 0.414 e. The fourth-order valence-corrected chi connectivity index (χ4v) is 2.64. The summed E-state index contributed by atoms with van der Waals surface area (Å²) in [6.45, 7) is 1.20. The van der Waals surface area contributed by atoms with Gasteiger partial charge in [0, 0.05) is 25.0 Å². The van der Waals surface area contributed by atoms with Gasteiger partial charge in [-0.05, 0) is 12.1 Å². The Labute approximate surface area is 120 Å². The molecule has 7 heteroatoms. The molecule has 0 bridgehead atoms. The monoisotopic (exact) mass is 286 g/mol. The molecule has 4 rings (SSSR count). The van der Waals surface area contributed by atoms with Crippen LogP contribution in [0.15, 0.2) is 30.6 Å². The van der Waals surface area contributed by atoms with Crippen LogP contribution in [0.25, 0.3) is 5.69 Å². The van der Waals surface area contributed by atoms with Crippen LogP contribution in [0, 0.1) is 0 Å². The first kappa shape index (κ1) is 12.2. The van der Waals surface area contributed by atoms with Gasteiger partial charge in [-0.1, -0.05) is 0 Å². The summed E-state index contributed by atoms with van der Waals surface area (Å²) in [6, 6.07) is 5.63. The smallest absolute Gasteiger partial charge is 0.414 e. The third-order valence-corrected chi connectivity index (χ3v) is 3.73. The van der Waals surface area contributed by atoms with Crippen molar-refractivity contribution in [2.24, 2.45) is 5.73 Å². The highest BCUT2D eigenvalue weighted by molar-refractivity contribution is 5.90. The number of carbonyl (C=O) groups excluding carboxylic acids is 1. The first-order valence-corrected chi connectivity index (χ1v) is 6.74. The van der Waals surface area contributed by atoms with E-state index in [0.29, 0.717) is 19.7 Å². The zero-order valence-corrected chi connectivity index (χ0v) is 11.2. The highest BCUT2D eigenvalue weighted by Gasteiger charge is 2.32. The van der Waals surface area contributed by atoms with Gasteiger partial charge in [0.05, 0.1) is 17.9 Å². The molecule has 7 nitrogen and oxygen atoms in total. The summed E-state index contributed by atoms with van der Waals surface area (Å²) in [4.78, 5) is 17.7. The molecule has 1 unspecified atom stereocenters. The lowest BCUT2D eigenvalue weighted by molar-refractivity contribution is 0.145. The van der Waals surface area contributed by atoms with Crippen LogP contribution in [0.5, 0.6) is 5.75 Å². The van der Waals surface area contributed by atoms with Gasteiger partial charge < -0.3 is 15.2 Å². The van der Waals surface area contributed by atoms with Crippen molar-refractivity contribution >= 4 is 11.8 Å². The number of ether oxygens (including phenoxy) is 2. The lowest BCUT2D eigenvalue weighted by Gasteiger charge is -2.21.